The van der Waals surface area contributed by atoms with Crippen LogP contribution in [0.25, 0.3) is 0 Å². The highest BCUT2D eigenvalue weighted by Crippen LogP contribution is 2.30. The third kappa shape index (κ3) is 5.57. The second-order valence-electron chi connectivity index (χ2n) is 6.38. The lowest BCUT2D eigenvalue weighted by molar-refractivity contribution is 0.101. The Morgan fingerprint density at radius 2 is 1.74 bits per heavy atom. The Kier molecular flexibility index (Phi) is 7.55. The zero-order valence-corrected chi connectivity index (χ0v) is 19.2. The number of halogens is 2. The van der Waals surface area contributed by atoms with Crippen LogP contribution in [0.1, 0.15) is 27.6 Å². The summed E-state index contributed by atoms with van der Waals surface area (Å²) in [6.07, 6.45) is 0. The van der Waals surface area contributed by atoms with Crippen LogP contribution in [0.2, 0.25) is 5.02 Å². The molecule has 0 aliphatic rings. The Morgan fingerprint density at radius 1 is 0.968 bits per heavy atom. The molecule has 0 fully saturated rings. The zero-order chi connectivity index (χ0) is 22.4. The Morgan fingerprint density at radius 3 is 2.42 bits per heavy atom. The Hall–Kier alpha value is -3.03. The number of hydrogen-bond acceptors (Lipinski definition) is 4. The van der Waals surface area contributed by atoms with E-state index in [-0.39, 0.29) is 11.8 Å². The Bertz CT molecular complexity index is 1120. The van der Waals surface area contributed by atoms with Crippen LogP contribution in [-0.4, -0.2) is 25.5 Å². The largest absolute Gasteiger partial charge is 0.494 e. The molecule has 0 heterocycles. The number of anilines is 2. The first kappa shape index (κ1) is 22.7. The van der Waals surface area contributed by atoms with Crippen LogP contribution in [0.4, 0.5) is 11.4 Å². The summed E-state index contributed by atoms with van der Waals surface area (Å²) in [5, 5.41) is 5.95. The molecule has 0 unspecified atom stereocenters. The molecule has 0 saturated heterocycles. The van der Waals surface area contributed by atoms with Gasteiger partial charge in [-0.05, 0) is 65.3 Å². The van der Waals surface area contributed by atoms with E-state index < -0.39 is 0 Å². The molecule has 3 aromatic rings. The zero-order valence-electron chi connectivity index (χ0n) is 16.9. The first-order chi connectivity index (χ1) is 14.9. The predicted octanol–water partition coefficient (Wildman–Crippen LogP) is 6.01. The minimum Gasteiger partial charge on any atom is -0.494 e. The minimum atomic E-state index is -0.361. The molecule has 8 heteroatoms. The fraction of sp³-hybridized carbons (Fsp3) is 0.130. The van der Waals surface area contributed by atoms with Gasteiger partial charge in [-0.25, -0.2) is 0 Å². The summed E-state index contributed by atoms with van der Waals surface area (Å²) in [4.78, 5) is 25.1. The summed E-state index contributed by atoms with van der Waals surface area (Å²) in [7, 11) is 1.48. The second kappa shape index (κ2) is 10.3. The molecule has 6 nitrogen and oxygen atoms in total. The lowest BCUT2D eigenvalue weighted by Crippen LogP contribution is -2.14. The average Bonchev–Trinajstić information content (AvgIpc) is 2.76. The van der Waals surface area contributed by atoms with Crippen molar-refractivity contribution in [3.8, 4) is 11.5 Å². The van der Waals surface area contributed by atoms with Crippen molar-refractivity contribution in [3.05, 3.63) is 81.3 Å². The molecule has 3 aromatic carbocycles. The van der Waals surface area contributed by atoms with Gasteiger partial charge in [0.15, 0.2) is 0 Å². The molecule has 2 N–H and O–H groups in total. The van der Waals surface area contributed by atoms with Gasteiger partial charge in [-0.3, -0.25) is 9.59 Å². The van der Waals surface area contributed by atoms with Gasteiger partial charge in [0.1, 0.15) is 11.5 Å². The smallest absolute Gasteiger partial charge is 0.257 e. The maximum atomic E-state index is 12.6. The van der Waals surface area contributed by atoms with E-state index in [4.69, 9.17) is 21.1 Å². The van der Waals surface area contributed by atoms with Gasteiger partial charge < -0.3 is 20.1 Å². The van der Waals surface area contributed by atoms with Crippen LogP contribution in [-0.2, 0) is 0 Å². The second-order valence-corrected chi connectivity index (χ2v) is 7.64. The van der Waals surface area contributed by atoms with Crippen molar-refractivity contribution in [2.45, 2.75) is 6.92 Å². The molecule has 31 heavy (non-hydrogen) atoms. The first-order valence-corrected chi connectivity index (χ1v) is 10.6. The maximum Gasteiger partial charge on any atom is 0.257 e. The number of hydrogen-bond donors (Lipinski definition) is 2. The molecule has 0 bridgehead atoms. The summed E-state index contributed by atoms with van der Waals surface area (Å²) in [6, 6.07) is 16.8. The topological polar surface area (TPSA) is 76.7 Å². The van der Waals surface area contributed by atoms with Crippen LogP contribution in [0.3, 0.4) is 0 Å². The van der Waals surface area contributed by atoms with E-state index in [1.807, 2.05) is 6.92 Å². The standard InChI is InChI=1S/C23H20BrClN2O4/c1-3-31-20-11-8-14(12-17(20)24)22(28)26-15-9-10-19(21(13-15)30-2)27-23(29)16-6-4-5-7-18(16)25/h4-13H,3H2,1-2H3,(H,26,28)(H,27,29). The molecule has 0 aliphatic heterocycles. The number of rotatable bonds is 7. The number of ether oxygens (including phenoxy) is 2. The SMILES string of the molecule is CCOc1ccc(C(=O)Nc2ccc(NC(=O)c3ccccc3Cl)c(OC)c2)cc1Br. The molecule has 0 radical (unpaired) electrons. The minimum absolute atomic E-state index is 0.293. The monoisotopic (exact) mass is 502 g/mol. The van der Waals surface area contributed by atoms with E-state index in [1.54, 1.807) is 60.7 Å². The Labute approximate surface area is 193 Å². The summed E-state index contributed by atoms with van der Waals surface area (Å²) < 4.78 is 11.5. The van der Waals surface area contributed by atoms with Gasteiger partial charge in [0.05, 0.1) is 34.5 Å². The summed E-state index contributed by atoms with van der Waals surface area (Å²) in [6.45, 7) is 2.42. The van der Waals surface area contributed by atoms with E-state index in [2.05, 4.69) is 26.6 Å². The van der Waals surface area contributed by atoms with Crippen molar-refractivity contribution < 1.29 is 19.1 Å². The van der Waals surface area contributed by atoms with Gasteiger partial charge in [-0.1, -0.05) is 23.7 Å². The van der Waals surface area contributed by atoms with Gasteiger partial charge in [0, 0.05) is 17.3 Å². The van der Waals surface area contributed by atoms with Crippen LogP contribution < -0.4 is 20.1 Å². The summed E-state index contributed by atoms with van der Waals surface area (Å²) in [5.74, 6) is 0.406. The van der Waals surface area contributed by atoms with Gasteiger partial charge in [-0.2, -0.15) is 0 Å². The van der Waals surface area contributed by atoms with Crippen molar-refractivity contribution in [2.75, 3.05) is 24.4 Å². The number of amides is 2. The highest BCUT2D eigenvalue weighted by molar-refractivity contribution is 9.10. The molecule has 0 atom stereocenters. The van der Waals surface area contributed by atoms with Crippen molar-refractivity contribution in [1.82, 2.24) is 0 Å². The maximum absolute atomic E-state index is 12.6. The summed E-state index contributed by atoms with van der Waals surface area (Å²) >= 11 is 9.49. The van der Waals surface area contributed by atoms with E-state index in [0.717, 1.165) is 0 Å². The highest BCUT2D eigenvalue weighted by Gasteiger charge is 2.15. The van der Waals surface area contributed by atoms with Crippen LogP contribution in [0.5, 0.6) is 11.5 Å². The van der Waals surface area contributed by atoms with Crippen molar-refractivity contribution in [1.29, 1.82) is 0 Å². The number of benzene rings is 3. The number of carbonyl (C=O) groups excluding carboxylic acids is 2. The molecule has 2 amide bonds. The van der Waals surface area contributed by atoms with Crippen molar-refractivity contribution >= 4 is 50.7 Å². The quantitative estimate of drug-likeness (QED) is 0.414. The van der Waals surface area contributed by atoms with E-state index >= 15 is 0 Å². The third-order valence-corrected chi connectivity index (χ3v) is 5.27. The van der Waals surface area contributed by atoms with Gasteiger partial charge in [-0.15, -0.1) is 0 Å². The normalized spacial score (nSPS) is 10.3. The van der Waals surface area contributed by atoms with Gasteiger partial charge >= 0.3 is 0 Å². The molecule has 3 rings (SSSR count). The summed E-state index contributed by atoms with van der Waals surface area (Å²) in [5.41, 5.74) is 1.78. The molecule has 0 spiro atoms. The van der Waals surface area contributed by atoms with Crippen LogP contribution in [0, 0.1) is 0 Å². The lowest BCUT2D eigenvalue weighted by Gasteiger charge is -2.13. The van der Waals surface area contributed by atoms with Gasteiger partial charge in [0.25, 0.3) is 11.8 Å². The molecule has 0 aliphatic carbocycles. The fourth-order valence-electron chi connectivity index (χ4n) is 2.83. The van der Waals surface area contributed by atoms with Crippen LogP contribution in [0.15, 0.2) is 65.1 Å². The lowest BCUT2D eigenvalue weighted by atomic mass is 10.1. The van der Waals surface area contributed by atoms with Crippen molar-refractivity contribution in [2.24, 2.45) is 0 Å². The first-order valence-electron chi connectivity index (χ1n) is 9.40. The fourth-order valence-corrected chi connectivity index (χ4v) is 3.54. The molecule has 0 saturated carbocycles. The highest BCUT2D eigenvalue weighted by atomic mass is 79.9. The van der Waals surface area contributed by atoms with E-state index in [1.165, 1.54) is 7.11 Å². The molecule has 160 valence electrons. The molecular weight excluding hydrogens is 484 g/mol. The van der Waals surface area contributed by atoms with E-state index in [9.17, 15) is 9.59 Å². The van der Waals surface area contributed by atoms with E-state index in [0.29, 0.717) is 50.1 Å². The van der Waals surface area contributed by atoms with Gasteiger partial charge in [0.2, 0.25) is 0 Å². The Balaban J connectivity index is 1.75. The third-order valence-electron chi connectivity index (χ3n) is 4.32. The number of carbonyl (C=O) groups is 2. The number of methoxy groups -OCH3 is 1. The number of nitrogens with one attached hydrogen (secondary N) is 2. The molecular formula is C23H20BrClN2O4. The average molecular weight is 504 g/mol. The van der Waals surface area contributed by atoms with Crippen molar-refractivity contribution in [3.63, 3.8) is 0 Å². The van der Waals surface area contributed by atoms with Crippen LogP contribution >= 0.6 is 27.5 Å². The molecule has 0 aromatic heterocycles. The predicted molar refractivity (Wildman–Crippen MR) is 126 cm³/mol.